The summed E-state index contributed by atoms with van der Waals surface area (Å²) in [5.41, 5.74) is 0.992. The van der Waals surface area contributed by atoms with E-state index in [1.165, 1.54) is 19.3 Å². The van der Waals surface area contributed by atoms with Crippen molar-refractivity contribution in [3.05, 3.63) is 33.8 Å². The minimum Gasteiger partial charge on any atom is -0.313 e. The second kappa shape index (κ2) is 8.35. The van der Waals surface area contributed by atoms with Gasteiger partial charge in [0.1, 0.15) is 0 Å². The summed E-state index contributed by atoms with van der Waals surface area (Å²) in [4.78, 5) is 0. The molecule has 0 amide bonds. The summed E-state index contributed by atoms with van der Waals surface area (Å²) in [6, 6.07) is 5.61. The van der Waals surface area contributed by atoms with Crippen molar-refractivity contribution in [2.24, 2.45) is 0 Å². The Bertz CT molecular complexity index is 298. The van der Waals surface area contributed by atoms with Gasteiger partial charge in [0.25, 0.3) is 0 Å². The van der Waals surface area contributed by atoms with Crippen molar-refractivity contribution in [3.63, 3.8) is 0 Å². The Morgan fingerprint density at radius 2 is 1.75 bits per heavy atom. The number of hydrogen-bond donors (Lipinski definition) is 1. The van der Waals surface area contributed by atoms with Crippen LogP contribution >= 0.6 is 39.1 Å². The number of halogens is 3. The van der Waals surface area contributed by atoms with Crippen LogP contribution in [0.1, 0.15) is 24.8 Å². The van der Waals surface area contributed by atoms with Gasteiger partial charge < -0.3 is 5.32 Å². The topological polar surface area (TPSA) is 12.0 Å². The Balaban J connectivity index is 2.26. The van der Waals surface area contributed by atoms with Crippen LogP contribution in [0.15, 0.2) is 18.2 Å². The van der Waals surface area contributed by atoms with Crippen LogP contribution in [-0.2, 0) is 6.54 Å². The van der Waals surface area contributed by atoms with E-state index in [1.807, 2.05) is 18.2 Å². The number of rotatable bonds is 7. The third kappa shape index (κ3) is 5.05. The molecule has 0 saturated heterocycles. The molecule has 16 heavy (non-hydrogen) atoms. The fourth-order valence-corrected chi connectivity index (χ4v) is 2.36. The van der Waals surface area contributed by atoms with Crippen LogP contribution in [0.3, 0.4) is 0 Å². The van der Waals surface area contributed by atoms with Crippen LogP contribution in [0.25, 0.3) is 0 Å². The van der Waals surface area contributed by atoms with Crippen molar-refractivity contribution in [1.82, 2.24) is 5.32 Å². The number of nitrogens with one attached hydrogen (secondary N) is 1. The zero-order valence-electron chi connectivity index (χ0n) is 9.11. The fraction of sp³-hybridized carbons (Fsp3) is 0.500. The summed E-state index contributed by atoms with van der Waals surface area (Å²) in [6.45, 7) is 1.75. The molecule has 0 aromatic heterocycles. The van der Waals surface area contributed by atoms with Crippen molar-refractivity contribution in [2.45, 2.75) is 25.8 Å². The van der Waals surface area contributed by atoms with Crippen LogP contribution < -0.4 is 5.32 Å². The largest absolute Gasteiger partial charge is 0.313 e. The normalized spacial score (nSPS) is 10.7. The van der Waals surface area contributed by atoms with Gasteiger partial charge in [0.05, 0.1) is 0 Å². The number of alkyl halides is 1. The van der Waals surface area contributed by atoms with E-state index in [2.05, 4.69) is 21.2 Å². The summed E-state index contributed by atoms with van der Waals surface area (Å²) in [5, 5.41) is 5.92. The van der Waals surface area contributed by atoms with Gasteiger partial charge in [-0.3, -0.25) is 0 Å². The molecule has 0 heterocycles. The van der Waals surface area contributed by atoms with Crippen molar-refractivity contribution < 1.29 is 0 Å². The highest BCUT2D eigenvalue weighted by Gasteiger charge is 2.03. The maximum atomic E-state index is 6.06. The van der Waals surface area contributed by atoms with Gasteiger partial charge in [-0.2, -0.15) is 0 Å². The van der Waals surface area contributed by atoms with Crippen LogP contribution in [-0.4, -0.2) is 11.9 Å². The van der Waals surface area contributed by atoms with E-state index in [4.69, 9.17) is 23.2 Å². The van der Waals surface area contributed by atoms with Gasteiger partial charge in [-0.25, -0.2) is 0 Å². The van der Waals surface area contributed by atoms with Gasteiger partial charge in [0, 0.05) is 27.5 Å². The molecule has 0 aliphatic rings. The molecule has 1 nitrogen and oxygen atoms in total. The van der Waals surface area contributed by atoms with E-state index in [1.54, 1.807) is 0 Å². The highest BCUT2D eigenvalue weighted by Crippen LogP contribution is 2.23. The van der Waals surface area contributed by atoms with Gasteiger partial charge in [0.15, 0.2) is 0 Å². The van der Waals surface area contributed by atoms with Crippen molar-refractivity contribution in [1.29, 1.82) is 0 Å². The van der Waals surface area contributed by atoms with E-state index in [9.17, 15) is 0 Å². The molecule has 0 aliphatic carbocycles. The molecule has 0 spiro atoms. The minimum absolute atomic E-state index is 0.737. The molecule has 90 valence electrons. The zero-order valence-corrected chi connectivity index (χ0v) is 12.2. The average Bonchev–Trinajstić information content (AvgIpc) is 2.26. The van der Waals surface area contributed by atoms with Crippen LogP contribution in [0.2, 0.25) is 10.0 Å². The Morgan fingerprint density at radius 1 is 1.06 bits per heavy atom. The summed E-state index contributed by atoms with van der Waals surface area (Å²) >= 11 is 15.5. The van der Waals surface area contributed by atoms with E-state index < -0.39 is 0 Å². The highest BCUT2D eigenvalue weighted by atomic mass is 79.9. The Kier molecular flexibility index (Phi) is 7.46. The Labute approximate surface area is 116 Å². The molecule has 4 heteroatoms. The lowest BCUT2D eigenvalue weighted by Gasteiger charge is -2.08. The van der Waals surface area contributed by atoms with Crippen molar-refractivity contribution >= 4 is 39.1 Å². The quantitative estimate of drug-likeness (QED) is 0.568. The first kappa shape index (κ1) is 14.3. The van der Waals surface area contributed by atoms with Crippen molar-refractivity contribution in [3.8, 4) is 0 Å². The predicted octanol–water partition coefficient (Wildman–Crippen LogP) is 4.65. The highest BCUT2D eigenvalue weighted by molar-refractivity contribution is 9.09. The smallest absolute Gasteiger partial charge is 0.0465 e. The monoisotopic (exact) mass is 323 g/mol. The Morgan fingerprint density at radius 3 is 2.38 bits per heavy atom. The third-order valence-electron chi connectivity index (χ3n) is 2.35. The van der Waals surface area contributed by atoms with Crippen LogP contribution in [0.4, 0.5) is 0 Å². The molecule has 0 fully saturated rings. The first-order valence-corrected chi connectivity index (χ1v) is 7.33. The minimum atomic E-state index is 0.737. The summed E-state index contributed by atoms with van der Waals surface area (Å²) in [7, 11) is 0. The maximum absolute atomic E-state index is 6.06. The molecule has 0 aliphatic heterocycles. The van der Waals surface area contributed by atoms with E-state index >= 15 is 0 Å². The molecule has 0 atom stereocenters. The zero-order chi connectivity index (χ0) is 11.8. The summed E-state index contributed by atoms with van der Waals surface area (Å²) < 4.78 is 0. The molecule has 1 rings (SSSR count). The van der Waals surface area contributed by atoms with Crippen LogP contribution in [0, 0.1) is 0 Å². The Hall–Kier alpha value is 0.240. The lowest BCUT2D eigenvalue weighted by molar-refractivity contribution is 0.619. The molecule has 0 unspecified atom stereocenters. The predicted molar refractivity (Wildman–Crippen MR) is 75.8 cm³/mol. The number of hydrogen-bond acceptors (Lipinski definition) is 1. The molecule has 1 aromatic rings. The lowest BCUT2D eigenvalue weighted by atomic mass is 10.2. The standard InChI is InChI=1S/C12H16BrCl2N/c13-7-2-1-3-8-16-9-10-11(14)5-4-6-12(10)15/h4-6,16H,1-3,7-9H2. The second-order valence-corrected chi connectivity index (χ2v) is 5.23. The fourth-order valence-electron chi connectivity index (χ4n) is 1.44. The SMILES string of the molecule is Clc1cccc(Cl)c1CNCCCCCBr. The summed E-state index contributed by atoms with van der Waals surface area (Å²) in [5.74, 6) is 0. The molecule has 1 N–H and O–H groups in total. The average molecular weight is 325 g/mol. The summed E-state index contributed by atoms with van der Waals surface area (Å²) in [6.07, 6.45) is 3.66. The molecule has 0 saturated carbocycles. The lowest BCUT2D eigenvalue weighted by Crippen LogP contribution is -2.15. The van der Waals surface area contributed by atoms with Crippen molar-refractivity contribution in [2.75, 3.05) is 11.9 Å². The first-order valence-electron chi connectivity index (χ1n) is 5.45. The second-order valence-electron chi connectivity index (χ2n) is 3.63. The molecular formula is C12H16BrCl2N. The number of unbranched alkanes of at least 4 members (excludes halogenated alkanes) is 2. The van der Waals surface area contributed by atoms with E-state index in [-0.39, 0.29) is 0 Å². The molecule has 1 aromatic carbocycles. The molecular weight excluding hydrogens is 309 g/mol. The van der Waals surface area contributed by atoms with Crippen LogP contribution in [0.5, 0.6) is 0 Å². The molecule has 0 radical (unpaired) electrons. The van der Waals surface area contributed by atoms with E-state index in [0.717, 1.165) is 34.0 Å². The first-order chi connectivity index (χ1) is 7.75. The van der Waals surface area contributed by atoms with Gasteiger partial charge >= 0.3 is 0 Å². The third-order valence-corrected chi connectivity index (χ3v) is 3.62. The van der Waals surface area contributed by atoms with Gasteiger partial charge in [-0.1, -0.05) is 51.6 Å². The van der Waals surface area contributed by atoms with Gasteiger partial charge in [0.2, 0.25) is 0 Å². The van der Waals surface area contributed by atoms with E-state index in [0.29, 0.717) is 0 Å². The number of benzene rings is 1. The maximum Gasteiger partial charge on any atom is 0.0465 e. The van der Waals surface area contributed by atoms with Gasteiger partial charge in [-0.05, 0) is 31.5 Å². The molecule has 0 bridgehead atoms. The van der Waals surface area contributed by atoms with Gasteiger partial charge in [-0.15, -0.1) is 0 Å².